The molecule has 2 aromatic carbocycles. The molecule has 2 heterocycles. The van der Waals surface area contributed by atoms with Crippen molar-refractivity contribution in [2.45, 2.75) is 18.0 Å². The van der Waals surface area contributed by atoms with Gasteiger partial charge in [-0.25, -0.2) is 9.07 Å². The van der Waals surface area contributed by atoms with Crippen LogP contribution in [-0.4, -0.2) is 70.0 Å². The van der Waals surface area contributed by atoms with Crippen LogP contribution in [0, 0.1) is 10.6 Å². The Kier molecular flexibility index (Phi) is 7.51. The largest absolute Gasteiger partial charge is 0.304 e. The van der Waals surface area contributed by atoms with Crippen molar-refractivity contribution in [1.82, 2.24) is 24.3 Å². The fourth-order valence-electron chi connectivity index (χ4n) is 3.54. The zero-order valence-corrected chi connectivity index (χ0v) is 19.9. The Balaban J connectivity index is 1.62. The van der Waals surface area contributed by atoms with Gasteiger partial charge in [0.2, 0.25) is 4.77 Å². The van der Waals surface area contributed by atoms with Crippen LogP contribution in [-0.2, 0) is 13.1 Å². The highest BCUT2D eigenvalue weighted by molar-refractivity contribution is 7.98. The molecule has 4 rings (SSSR count). The number of hydrogen-bond acceptors (Lipinski definition) is 6. The second-order valence-corrected chi connectivity index (χ2v) is 9.14. The minimum absolute atomic E-state index is 0.270. The Morgan fingerprint density at radius 1 is 1.06 bits per heavy atom. The summed E-state index contributed by atoms with van der Waals surface area (Å²) in [4.78, 5) is 5.90. The Morgan fingerprint density at radius 2 is 1.75 bits per heavy atom. The lowest BCUT2D eigenvalue weighted by molar-refractivity contribution is 0.118. The van der Waals surface area contributed by atoms with Crippen molar-refractivity contribution >= 4 is 30.2 Å². The molecule has 0 atom stereocenters. The molecular weight excluding hydrogens is 443 g/mol. The van der Waals surface area contributed by atoms with E-state index in [-0.39, 0.29) is 5.82 Å². The van der Waals surface area contributed by atoms with Gasteiger partial charge in [-0.15, -0.1) is 11.8 Å². The van der Waals surface area contributed by atoms with Gasteiger partial charge in [-0.2, -0.15) is 14.9 Å². The fraction of sp³-hybridized carbons (Fsp3) is 0.348. The van der Waals surface area contributed by atoms with Crippen molar-refractivity contribution in [1.29, 1.82) is 0 Å². The van der Waals surface area contributed by atoms with E-state index in [9.17, 15) is 4.39 Å². The Bertz CT molecular complexity index is 1110. The molecule has 1 aliphatic rings. The van der Waals surface area contributed by atoms with Crippen LogP contribution in [0.25, 0.3) is 0 Å². The Labute approximate surface area is 197 Å². The van der Waals surface area contributed by atoms with E-state index in [0.29, 0.717) is 17.9 Å². The highest BCUT2D eigenvalue weighted by Gasteiger charge is 2.17. The van der Waals surface area contributed by atoms with Gasteiger partial charge < -0.3 is 4.90 Å². The molecule has 0 amide bonds. The van der Waals surface area contributed by atoms with Crippen LogP contribution >= 0.6 is 24.0 Å². The number of halogens is 1. The number of hydrogen-bond donors (Lipinski definition) is 0. The van der Waals surface area contributed by atoms with Crippen molar-refractivity contribution in [3.8, 4) is 0 Å². The summed E-state index contributed by atoms with van der Waals surface area (Å²) in [7, 11) is 2.14. The standard InChI is InChI=1S/C23H27FN6S2/c1-27-11-13-28(14-12-27)17-29-23(31)30(25-16-19-3-7-20(24)8-4-19)22(26-29)15-18-5-9-21(32-2)10-6-18/h3-10,16H,11-15,17H2,1-2H3/b25-16+. The van der Waals surface area contributed by atoms with Crippen LogP contribution < -0.4 is 0 Å². The quantitative estimate of drug-likeness (QED) is 0.297. The van der Waals surface area contributed by atoms with Gasteiger partial charge in [-0.1, -0.05) is 24.3 Å². The number of piperazine rings is 1. The van der Waals surface area contributed by atoms with E-state index >= 15 is 0 Å². The van der Waals surface area contributed by atoms with Gasteiger partial charge in [0, 0.05) is 37.5 Å². The number of nitrogens with zero attached hydrogens (tertiary/aromatic N) is 6. The SMILES string of the molecule is CSc1ccc(Cc2nn(CN3CCN(C)CC3)c(=S)n2/N=C/c2ccc(F)cc2)cc1. The van der Waals surface area contributed by atoms with Crippen molar-refractivity contribution in [3.63, 3.8) is 0 Å². The molecule has 0 spiro atoms. The van der Waals surface area contributed by atoms with Gasteiger partial charge in [-0.05, 0) is 60.9 Å². The molecule has 9 heteroatoms. The molecule has 6 nitrogen and oxygen atoms in total. The lowest BCUT2D eigenvalue weighted by Crippen LogP contribution is -2.45. The monoisotopic (exact) mass is 470 g/mol. The summed E-state index contributed by atoms with van der Waals surface area (Å²) in [6.07, 6.45) is 4.38. The lowest BCUT2D eigenvalue weighted by Gasteiger charge is -2.31. The van der Waals surface area contributed by atoms with Gasteiger partial charge in [-0.3, -0.25) is 4.90 Å². The number of aromatic nitrogens is 3. The maximum absolute atomic E-state index is 13.2. The van der Waals surface area contributed by atoms with Gasteiger partial charge in [0.25, 0.3) is 0 Å². The van der Waals surface area contributed by atoms with E-state index in [1.807, 2.05) is 4.68 Å². The van der Waals surface area contributed by atoms with Crippen LogP contribution in [0.5, 0.6) is 0 Å². The van der Waals surface area contributed by atoms with Gasteiger partial charge >= 0.3 is 0 Å². The van der Waals surface area contributed by atoms with Crippen LogP contribution in [0.3, 0.4) is 0 Å². The summed E-state index contributed by atoms with van der Waals surface area (Å²) < 4.78 is 17.4. The molecule has 1 fully saturated rings. The van der Waals surface area contributed by atoms with Gasteiger partial charge in [0.15, 0.2) is 5.82 Å². The molecule has 0 bridgehead atoms. The highest BCUT2D eigenvalue weighted by Crippen LogP contribution is 2.17. The molecule has 3 aromatic rings. The minimum atomic E-state index is -0.270. The van der Waals surface area contributed by atoms with Crippen LogP contribution in [0.15, 0.2) is 58.5 Å². The average Bonchev–Trinajstić information content (AvgIpc) is 3.09. The van der Waals surface area contributed by atoms with E-state index in [0.717, 1.165) is 43.1 Å². The molecule has 0 saturated carbocycles. The third kappa shape index (κ3) is 5.72. The Hall–Kier alpha value is -2.33. The zero-order valence-electron chi connectivity index (χ0n) is 18.3. The summed E-state index contributed by atoms with van der Waals surface area (Å²) in [5.74, 6) is 0.507. The first-order valence-electron chi connectivity index (χ1n) is 10.5. The normalized spacial score (nSPS) is 15.6. The predicted molar refractivity (Wildman–Crippen MR) is 131 cm³/mol. The van der Waals surface area contributed by atoms with Crippen molar-refractivity contribution < 1.29 is 4.39 Å². The summed E-state index contributed by atoms with van der Waals surface area (Å²) in [5.41, 5.74) is 1.95. The molecule has 1 saturated heterocycles. The van der Waals surface area contributed by atoms with Gasteiger partial charge in [0.05, 0.1) is 12.9 Å². The number of likely N-dealkylation sites (N-methyl/N-ethyl adjacent to an activating group) is 1. The van der Waals surface area contributed by atoms with Crippen molar-refractivity contribution in [3.05, 3.63) is 76.1 Å². The Morgan fingerprint density at radius 3 is 2.41 bits per heavy atom. The molecule has 0 radical (unpaired) electrons. The molecule has 0 N–H and O–H groups in total. The maximum atomic E-state index is 13.2. The van der Waals surface area contributed by atoms with Crippen molar-refractivity contribution in [2.75, 3.05) is 39.5 Å². The first-order valence-corrected chi connectivity index (χ1v) is 12.2. The molecule has 0 unspecified atom stereocenters. The first-order chi connectivity index (χ1) is 15.5. The second-order valence-electron chi connectivity index (χ2n) is 7.89. The van der Waals surface area contributed by atoms with E-state index in [4.69, 9.17) is 17.3 Å². The average molecular weight is 471 g/mol. The summed E-state index contributed by atoms with van der Waals surface area (Å²) in [6, 6.07) is 14.7. The fourth-order valence-corrected chi connectivity index (χ4v) is 4.20. The molecule has 32 heavy (non-hydrogen) atoms. The molecule has 1 aromatic heterocycles. The molecule has 0 aliphatic carbocycles. The second kappa shape index (κ2) is 10.5. The van der Waals surface area contributed by atoms with Crippen LogP contribution in [0.1, 0.15) is 17.0 Å². The summed E-state index contributed by atoms with van der Waals surface area (Å²) >= 11 is 7.46. The third-order valence-electron chi connectivity index (χ3n) is 5.53. The third-order valence-corrected chi connectivity index (χ3v) is 6.65. The summed E-state index contributed by atoms with van der Waals surface area (Å²) in [5, 5.41) is 9.44. The zero-order chi connectivity index (χ0) is 22.5. The van der Waals surface area contributed by atoms with Crippen LogP contribution in [0.4, 0.5) is 4.39 Å². The smallest absolute Gasteiger partial charge is 0.220 e. The molecule has 1 aliphatic heterocycles. The van der Waals surface area contributed by atoms with E-state index in [1.54, 1.807) is 34.8 Å². The van der Waals surface area contributed by atoms with E-state index < -0.39 is 0 Å². The topological polar surface area (TPSA) is 41.6 Å². The summed E-state index contributed by atoms with van der Waals surface area (Å²) in [6.45, 7) is 4.67. The predicted octanol–water partition coefficient (Wildman–Crippen LogP) is 3.95. The number of rotatable bonds is 7. The maximum Gasteiger partial charge on any atom is 0.220 e. The first kappa shape index (κ1) is 22.8. The lowest BCUT2D eigenvalue weighted by atomic mass is 10.1. The number of benzene rings is 2. The van der Waals surface area contributed by atoms with Crippen molar-refractivity contribution in [2.24, 2.45) is 5.10 Å². The van der Waals surface area contributed by atoms with Crippen LogP contribution in [0.2, 0.25) is 0 Å². The highest BCUT2D eigenvalue weighted by atomic mass is 32.2. The van der Waals surface area contributed by atoms with Gasteiger partial charge in [0.1, 0.15) is 5.82 Å². The molecular formula is C23H27FN6S2. The number of thioether (sulfide) groups is 1. The van der Waals surface area contributed by atoms with E-state index in [1.165, 1.54) is 17.0 Å². The minimum Gasteiger partial charge on any atom is -0.304 e. The molecule has 168 valence electrons. The van der Waals surface area contributed by atoms with E-state index in [2.05, 4.69) is 52.5 Å².